The van der Waals surface area contributed by atoms with Gasteiger partial charge in [0.1, 0.15) is 21.6 Å². The molecule has 0 spiro atoms. The lowest BCUT2D eigenvalue weighted by atomic mass is 10.2. The van der Waals surface area contributed by atoms with E-state index in [4.69, 9.17) is 10.5 Å². The molecule has 114 valence electrons. The van der Waals surface area contributed by atoms with Gasteiger partial charge in [-0.25, -0.2) is 9.97 Å². The van der Waals surface area contributed by atoms with Gasteiger partial charge in [-0.15, -0.1) is 11.3 Å². The first-order valence-electron chi connectivity index (χ1n) is 6.88. The zero-order valence-corrected chi connectivity index (χ0v) is 13.0. The summed E-state index contributed by atoms with van der Waals surface area (Å²) < 4.78 is 7.19. The molecule has 0 atom stereocenters. The first-order valence-corrected chi connectivity index (χ1v) is 7.69. The molecule has 4 rings (SSSR count). The lowest BCUT2D eigenvalue weighted by molar-refractivity contribution is 0.414. The van der Waals surface area contributed by atoms with Crippen LogP contribution in [0.2, 0.25) is 0 Å². The number of benzene rings is 1. The second kappa shape index (κ2) is 5.06. The molecule has 6 nitrogen and oxygen atoms in total. The van der Waals surface area contributed by atoms with E-state index in [0.717, 1.165) is 21.7 Å². The van der Waals surface area contributed by atoms with E-state index in [-0.39, 0.29) is 5.56 Å². The highest BCUT2D eigenvalue weighted by Crippen LogP contribution is 2.32. The number of pyridine rings is 1. The van der Waals surface area contributed by atoms with Gasteiger partial charge in [-0.05, 0) is 30.3 Å². The first-order chi connectivity index (χ1) is 11.2. The molecule has 0 aliphatic carbocycles. The van der Waals surface area contributed by atoms with E-state index in [0.29, 0.717) is 15.9 Å². The van der Waals surface area contributed by atoms with Gasteiger partial charge in [0.25, 0.3) is 5.56 Å². The van der Waals surface area contributed by atoms with Crippen molar-refractivity contribution in [3.63, 3.8) is 0 Å². The third-order valence-electron chi connectivity index (χ3n) is 3.66. The van der Waals surface area contributed by atoms with Crippen LogP contribution in [0.15, 0.2) is 47.7 Å². The molecule has 0 saturated carbocycles. The molecule has 0 radical (unpaired) electrons. The number of rotatable bonds is 2. The Bertz CT molecular complexity index is 1080. The summed E-state index contributed by atoms with van der Waals surface area (Å²) in [6.07, 6.45) is 3.15. The molecule has 4 aromatic rings. The minimum atomic E-state index is -0.137. The summed E-state index contributed by atoms with van der Waals surface area (Å²) in [5.74, 6) is 0.731. The van der Waals surface area contributed by atoms with Crippen LogP contribution in [0, 0.1) is 0 Å². The Hall–Kier alpha value is -2.93. The van der Waals surface area contributed by atoms with E-state index in [9.17, 15) is 4.79 Å². The predicted molar refractivity (Wildman–Crippen MR) is 91.5 cm³/mol. The Morgan fingerprint density at radius 1 is 1.17 bits per heavy atom. The number of thiophene rings is 1. The molecule has 0 unspecified atom stereocenters. The van der Waals surface area contributed by atoms with Crippen LogP contribution >= 0.6 is 11.3 Å². The smallest absolute Gasteiger partial charge is 0.275 e. The molecule has 3 aromatic heterocycles. The summed E-state index contributed by atoms with van der Waals surface area (Å²) in [7, 11) is 1.60. The Labute approximate surface area is 134 Å². The summed E-state index contributed by atoms with van der Waals surface area (Å²) in [5.41, 5.74) is 7.77. The fourth-order valence-electron chi connectivity index (χ4n) is 2.50. The van der Waals surface area contributed by atoms with E-state index >= 15 is 0 Å². The highest BCUT2D eigenvalue weighted by Gasteiger charge is 2.15. The molecule has 0 bridgehead atoms. The van der Waals surface area contributed by atoms with E-state index in [1.807, 2.05) is 12.1 Å². The molecule has 0 aliphatic rings. The molecule has 1 aromatic carbocycles. The monoisotopic (exact) mass is 324 g/mol. The minimum absolute atomic E-state index is 0.137. The summed E-state index contributed by atoms with van der Waals surface area (Å²) in [4.78, 5) is 22.2. The molecule has 0 amide bonds. The molecular weight excluding hydrogens is 312 g/mol. The predicted octanol–water partition coefficient (Wildman–Crippen LogP) is 2.59. The van der Waals surface area contributed by atoms with Crippen LogP contribution < -0.4 is 16.0 Å². The zero-order valence-electron chi connectivity index (χ0n) is 12.2. The summed E-state index contributed by atoms with van der Waals surface area (Å²) in [6, 6.07) is 8.94. The van der Waals surface area contributed by atoms with E-state index in [2.05, 4.69) is 9.97 Å². The van der Waals surface area contributed by atoms with Crippen molar-refractivity contribution in [3.8, 4) is 11.4 Å². The largest absolute Gasteiger partial charge is 0.497 e. The first kappa shape index (κ1) is 13.7. The SMILES string of the molecule is COc1ccc(-n2cnc3c(sc4nccc(N)c43)c2=O)cc1. The Kier molecular flexibility index (Phi) is 3.02. The number of fused-ring (bicyclic) bond motifs is 3. The third-order valence-corrected chi connectivity index (χ3v) is 4.74. The number of hydrogen-bond acceptors (Lipinski definition) is 6. The van der Waals surface area contributed by atoms with Crippen LogP contribution in [0.4, 0.5) is 5.69 Å². The zero-order chi connectivity index (χ0) is 16.0. The van der Waals surface area contributed by atoms with Gasteiger partial charge in [-0.2, -0.15) is 0 Å². The second-order valence-electron chi connectivity index (χ2n) is 4.98. The van der Waals surface area contributed by atoms with Crippen molar-refractivity contribution >= 4 is 37.5 Å². The van der Waals surface area contributed by atoms with Crippen LogP contribution in [0.1, 0.15) is 0 Å². The van der Waals surface area contributed by atoms with Crippen molar-refractivity contribution in [1.29, 1.82) is 0 Å². The molecule has 23 heavy (non-hydrogen) atoms. The van der Waals surface area contributed by atoms with Gasteiger partial charge >= 0.3 is 0 Å². The summed E-state index contributed by atoms with van der Waals surface area (Å²) >= 11 is 1.31. The Morgan fingerprint density at radius 3 is 2.70 bits per heavy atom. The van der Waals surface area contributed by atoms with Gasteiger partial charge in [0.2, 0.25) is 0 Å². The lowest BCUT2D eigenvalue weighted by Crippen LogP contribution is -2.17. The number of aromatic nitrogens is 3. The van der Waals surface area contributed by atoms with Crippen molar-refractivity contribution in [2.24, 2.45) is 0 Å². The number of nitrogens with two attached hydrogens (primary N) is 1. The number of nitrogens with zero attached hydrogens (tertiary/aromatic N) is 3. The molecule has 0 saturated heterocycles. The number of anilines is 1. The lowest BCUT2D eigenvalue weighted by Gasteiger charge is -2.06. The second-order valence-corrected chi connectivity index (χ2v) is 5.98. The number of nitrogen functional groups attached to an aromatic ring is 1. The van der Waals surface area contributed by atoms with Crippen LogP contribution in [0.5, 0.6) is 5.75 Å². The summed E-state index contributed by atoms with van der Waals surface area (Å²) in [5, 5.41) is 0.742. The minimum Gasteiger partial charge on any atom is -0.497 e. The van der Waals surface area contributed by atoms with Gasteiger partial charge in [0, 0.05) is 11.9 Å². The maximum absolute atomic E-state index is 12.8. The normalized spacial score (nSPS) is 11.2. The van der Waals surface area contributed by atoms with Crippen LogP contribution in [-0.2, 0) is 0 Å². The highest BCUT2D eigenvalue weighted by atomic mass is 32.1. The van der Waals surface area contributed by atoms with Gasteiger partial charge in [0.05, 0.1) is 23.7 Å². The topological polar surface area (TPSA) is 83.0 Å². The maximum atomic E-state index is 12.8. The van der Waals surface area contributed by atoms with Crippen LogP contribution in [0.3, 0.4) is 0 Å². The molecule has 3 heterocycles. The quantitative estimate of drug-likeness (QED) is 0.613. The van der Waals surface area contributed by atoms with E-state index in [1.54, 1.807) is 31.5 Å². The van der Waals surface area contributed by atoms with Gasteiger partial charge in [-0.3, -0.25) is 9.36 Å². The molecule has 7 heteroatoms. The average Bonchev–Trinajstić information content (AvgIpc) is 2.96. The average molecular weight is 324 g/mol. The van der Waals surface area contributed by atoms with Gasteiger partial charge < -0.3 is 10.5 Å². The van der Waals surface area contributed by atoms with Crippen molar-refractivity contribution in [1.82, 2.24) is 14.5 Å². The standard InChI is InChI=1S/C16H12N4O2S/c1-22-10-4-2-9(3-5-10)20-8-19-13-12-11(17)6-7-18-15(12)23-14(13)16(20)21/h2-8H,1H3,(H2,17,18). The summed E-state index contributed by atoms with van der Waals surface area (Å²) in [6.45, 7) is 0. The fraction of sp³-hybridized carbons (Fsp3) is 0.0625. The number of ether oxygens (including phenoxy) is 1. The number of methoxy groups -OCH3 is 1. The maximum Gasteiger partial charge on any atom is 0.275 e. The third kappa shape index (κ3) is 2.05. The molecule has 0 aliphatic heterocycles. The van der Waals surface area contributed by atoms with E-state index in [1.165, 1.54) is 22.2 Å². The van der Waals surface area contributed by atoms with Crippen molar-refractivity contribution < 1.29 is 4.74 Å². The van der Waals surface area contributed by atoms with E-state index < -0.39 is 0 Å². The molecular formula is C16H12N4O2S. The van der Waals surface area contributed by atoms with Crippen molar-refractivity contribution in [2.45, 2.75) is 0 Å². The number of hydrogen-bond donors (Lipinski definition) is 1. The van der Waals surface area contributed by atoms with Gasteiger partial charge in [0.15, 0.2) is 0 Å². The molecule has 0 fully saturated rings. The Morgan fingerprint density at radius 2 is 1.96 bits per heavy atom. The van der Waals surface area contributed by atoms with Gasteiger partial charge in [-0.1, -0.05) is 0 Å². The van der Waals surface area contributed by atoms with Crippen LogP contribution in [-0.4, -0.2) is 21.6 Å². The Balaban J connectivity index is 1.99. The van der Waals surface area contributed by atoms with Crippen molar-refractivity contribution in [3.05, 3.63) is 53.2 Å². The van der Waals surface area contributed by atoms with Crippen molar-refractivity contribution in [2.75, 3.05) is 12.8 Å². The molecule has 2 N–H and O–H groups in total. The fourth-order valence-corrected chi connectivity index (χ4v) is 3.56. The highest BCUT2D eigenvalue weighted by molar-refractivity contribution is 7.25. The van der Waals surface area contributed by atoms with Crippen LogP contribution in [0.25, 0.3) is 26.1 Å².